The van der Waals surface area contributed by atoms with E-state index < -0.39 is 29.5 Å². The molecule has 0 aliphatic heterocycles. The standard InChI is InChI=1S/C6H3F2.2C5H5.Ti/c7-5-3-1-2-4-6(5)8;2*1-2-4-5-3-1;/h1-3H;2*1-5H;. The van der Waals surface area contributed by atoms with Crippen molar-refractivity contribution in [3.05, 3.63) is 78.4 Å². The molecular weight excluding hydrogens is 278 g/mol. The van der Waals surface area contributed by atoms with E-state index in [0.717, 1.165) is 0 Å². The third kappa shape index (κ3) is 2.43. The quantitative estimate of drug-likeness (QED) is 0.737. The Morgan fingerprint density at radius 2 is 1.32 bits per heavy atom. The number of allylic oxidation sites excluding steroid dienone is 8. The van der Waals surface area contributed by atoms with Gasteiger partial charge in [-0.2, -0.15) is 0 Å². The van der Waals surface area contributed by atoms with Crippen LogP contribution in [-0.4, -0.2) is 0 Å². The van der Waals surface area contributed by atoms with Crippen molar-refractivity contribution in [3.8, 4) is 0 Å². The molecule has 0 aromatic heterocycles. The summed E-state index contributed by atoms with van der Waals surface area (Å²) in [6.45, 7) is 0. The van der Waals surface area contributed by atoms with E-state index in [-0.39, 0.29) is 8.45 Å². The van der Waals surface area contributed by atoms with Gasteiger partial charge in [-0.15, -0.1) is 0 Å². The van der Waals surface area contributed by atoms with Crippen molar-refractivity contribution in [3.63, 3.8) is 0 Å². The second-order valence-electron chi connectivity index (χ2n) is 4.65. The summed E-state index contributed by atoms with van der Waals surface area (Å²) in [6.07, 6.45) is 16.4. The Labute approximate surface area is 117 Å². The van der Waals surface area contributed by atoms with E-state index in [1.807, 2.05) is 24.3 Å². The molecule has 0 heterocycles. The van der Waals surface area contributed by atoms with Crippen LogP contribution < -0.4 is 3.87 Å². The van der Waals surface area contributed by atoms with Gasteiger partial charge in [0.25, 0.3) is 0 Å². The molecule has 0 fully saturated rings. The summed E-state index contributed by atoms with van der Waals surface area (Å²) in [5, 5.41) is 0. The van der Waals surface area contributed by atoms with Crippen LogP contribution in [0.5, 0.6) is 0 Å². The summed E-state index contributed by atoms with van der Waals surface area (Å²) < 4.78 is 28.8. The molecule has 3 heteroatoms. The average Bonchev–Trinajstić information content (AvgIpc) is 3.08. The molecule has 0 spiro atoms. The zero-order valence-electron chi connectivity index (χ0n) is 10.3. The zero-order valence-corrected chi connectivity index (χ0v) is 11.8. The van der Waals surface area contributed by atoms with E-state index in [4.69, 9.17) is 0 Å². The molecule has 0 N–H and O–H groups in total. The first-order valence-electron chi connectivity index (χ1n) is 6.28. The fourth-order valence-corrected chi connectivity index (χ4v) is 7.42. The molecule has 1 aromatic rings. The average molecular weight is 291 g/mol. The first kappa shape index (κ1) is 12.8. The predicted molar refractivity (Wildman–Crippen MR) is 70.1 cm³/mol. The molecule has 0 saturated heterocycles. The topological polar surface area (TPSA) is 0 Å². The summed E-state index contributed by atoms with van der Waals surface area (Å²) >= 11 is -2.05. The molecule has 0 unspecified atom stereocenters. The van der Waals surface area contributed by atoms with Crippen molar-refractivity contribution in [2.45, 2.75) is 8.45 Å². The van der Waals surface area contributed by atoms with E-state index in [9.17, 15) is 8.78 Å². The number of benzene rings is 1. The van der Waals surface area contributed by atoms with Gasteiger partial charge >= 0.3 is 117 Å². The van der Waals surface area contributed by atoms with Gasteiger partial charge < -0.3 is 0 Å². The molecule has 0 nitrogen and oxygen atoms in total. The van der Waals surface area contributed by atoms with Crippen molar-refractivity contribution in [2.75, 3.05) is 0 Å². The maximum absolute atomic E-state index is 14.1. The van der Waals surface area contributed by atoms with Crippen LogP contribution in [0.2, 0.25) is 8.45 Å². The monoisotopic (exact) mass is 291 g/mol. The van der Waals surface area contributed by atoms with E-state index in [1.54, 1.807) is 12.1 Å². The summed E-state index contributed by atoms with van der Waals surface area (Å²) in [5.41, 5.74) is 0. The minimum atomic E-state index is -2.05. The first-order valence-corrected chi connectivity index (χ1v) is 8.87. The maximum atomic E-state index is 14.1. The van der Waals surface area contributed by atoms with Crippen LogP contribution >= 0.6 is 0 Å². The Bertz CT molecular complexity index is 547. The molecule has 0 radical (unpaired) electrons. The third-order valence-electron chi connectivity index (χ3n) is 3.48. The van der Waals surface area contributed by atoms with E-state index in [0.29, 0.717) is 3.87 Å². The predicted octanol–water partition coefficient (Wildman–Crippen LogP) is 4.04. The van der Waals surface area contributed by atoms with Gasteiger partial charge in [0.05, 0.1) is 0 Å². The molecule has 2 aliphatic rings. The van der Waals surface area contributed by atoms with E-state index in [2.05, 4.69) is 24.3 Å². The Morgan fingerprint density at radius 1 is 0.789 bits per heavy atom. The van der Waals surface area contributed by atoms with Gasteiger partial charge in [-0.05, 0) is 0 Å². The molecule has 0 saturated carbocycles. The van der Waals surface area contributed by atoms with Crippen molar-refractivity contribution in [1.29, 1.82) is 0 Å². The van der Waals surface area contributed by atoms with Crippen molar-refractivity contribution >= 4 is 3.87 Å². The molecule has 19 heavy (non-hydrogen) atoms. The number of halogens is 2. The van der Waals surface area contributed by atoms with Crippen LogP contribution in [0, 0.1) is 11.6 Å². The molecule has 1 aromatic carbocycles. The third-order valence-corrected chi connectivity index (χ3v) is 8.50. The molecule has 0 atom stereocenters. The summed E-state index contributed by atoms with van der Waals surface area (Å²) in [5.74, 6) is -1.39. The Balaban J connectivity index is 2.05. The second kappa shape index (κ2) is 5.40. The number of hydrogen-bond acceptors (Lipinski definition) is 0. The van der Waals surface area contributed by atoms with Gasteiger partial charge in [-0.1, -0.05) is 0 Å². The molecule has 2 aliphatic carbocycles. The van der Waals surface area contributed by atoms with Crippen molar-refractivity contribution in [1.82, 2.24) is 0 Å². The van der Waals surface area contributed by atoms with Crippen LogP contribution in [0.4, 0.5) is 8.78 Å². The Hall–Kier alpha value is -1.25. The normalized spacial score (nSPS) is 17.8. The Morgan fingerprint density at radius 3 is 1.84 bits per heavy atom. The van der Waals surface area contributed by atoms with Crippen molar-refractivity contribution in [2.24, 2.45) is 0 Å². The van der Waals surface area contributed by atoms with Crippen LogP contribution in [0.1, 0.15) is 0 Å². The second-order valence-corrected chi connectivity index (χ2v) is 8.99. The van der Waals surface area contributed by atoms with E-state index in [1.165, 1.54) is 6.07 Å². The minimum absolute atomic E-state index is 0.272. The van der Waals surface area contributed by atoms with Crippen molar-refractivity contribution < 1.29 is 26.7 Å². The molecule has 3 rings (SSSR count). The summed E-state index contributed by atoms with van der Waals surface area (Å²) in [6, 6.07) is 4.56. The fraction of sp³-hybridized carbons (Fsp3) is 0.125. The summed E-state index contributed by atoms with van der Waals surface area (Å²) in [4.78, 5) is 0. The number of hydrogen-bond donors (Lipinski definition) is 0. The fourth-order valence-electron chi connectivity index (χ4n) is 2.59. The number of rotatable bonds is 3. The zero-order chi connectivity index (χ0) is 13.2. The van der Waals surface area contributed by atoms with Gasteiger partial charge in [0.2, 0.25) is 0 Å². The van der Waals surface area contributed by atoms with Gasteiger partial charge in [-0.25, -0.2) is 0 Å². The van der Waals surface area contributed by atoms with Gasteiger partial charge in [0, 0.05) is 0 Å². The van der Waals surface area contributed by atoms with Crippen LogP contribution in [0.3, 0.4) is 0 Å². The molecule has 0 amide bonds. The van der Waals surface area contributed by atoms with Gasteiger partial charge in [-0.3, -0.25) is 0 Å². The van der Waals surface area contributed by atoms with E-state index >= 15 is 0 Å². The first-order chi connectivity index (χ1) is 9.27. The summed E-state index contributed by atoms with van der Waals surface area (Å²) in [7, 11) is 0. The van der Waals surface area contributed by atoms with Crippen LogP contribution in [0.15, 0.2) is 66.8 Å². The van der Waals surface area contributed by atoms with Gasteiger partial charge in [0.1, 0.15) is 0 Å². The molecular formula is C16H13F2Ti. The van der Waals surface area contributed by atoms with Gasteiger partial charge in [0.15, 0.2) is 0 Å². The molecule has 95 valence electrons. The SMILES string of the molecule is Fc1ccc[c]([Ti]([CH]2C=CC=C2)[CH]2C=CC=C2)c1F. The van der Waals surface area contributed by atoms with Crippen LogP contribution in [0.25, 0.3) is 0 Å². The van der Waals surface area contributed by atoms with Crippen LogP contribution in [-0.2, 0) is 17.9 Å². The Kier molecular flexibility index (Phi) is 3.63. The molecule has 0 bridgehead atoms.